The van der Waals surface area contributed by atoms with Crippen molar-refractivity contribution in [1.82, 2.24) is 0 Å². The minimum absolute atomic E-state index is 0.0684. The Morgan fingerprint density at radius 2 is 1.84 bits per heavy atom. The molecule has 0 spiro atoms. The topological polar surface area (TPSA) is 26.0 Å². The molecule has 2 N–H and O–H groups in total. The molecule has 0 aliphatic carbocycles. The molecule has 0 amide bonds. The molecule has 1 atom stereocenters. The summed E-state index contributed by atoms with van der Waals surface area (Å²) in [6.07, 6.45) is -4.43. The first kappa shape index (κ1) is 15.0. The molecule has 1 aromatic heterocycles. The number of nitrogens with two attached hydrogens (primary N) is 1. The lowest BCUT2D eigenvalue weighted by Crippen LogP contribution is -2.18. The first-order chi connectivity index (χ1) is 8.80. The predicted molar refractivity (Wildman–Crippen MR) is 77.2 cm³/mol. The average Bonchev–Trinajstić information content (AvgIpc) is 2.73. The van der Waals surface area contributed by atoms with E-state index in [1.54, 1.807) is 17.5 Å². The van der Waals surface area contributed by atoms with E-state index in [0.717, 1.165) is 10.5 Å². The molecular formula is C12H8Br2F3NS. The van der Waals surface area contributed by atoms with E-state index >= 15 is 0 Å². The molecule has 1 aromatic carbocycles. The summed E-state index contributed by atoms with van der Waals surface area (Å²) in [5.74, 6) is 0. The lowest BCUT2D eigenvalue weighted by Gasteiger charge is -2.18. The molecule has 0 aliphatic heterocycles. The van der Waals surface area contributed by atoms with E-state index in [1.165, 1.54) is 17.4 Å². The molecule has 0 aliphatic rings. The highest BCUT2D eigenvalue weighted by molar-refractivity contribution is 9.10. The second kappa shape index (κ2) is 5.55. The van der Waals surface area contributed by atoms with Gasteiger partial charge in [-0.05, 0) is 45.1 Å². The fourth-order valence-electron chi connectivity index (χ4n) is 1.71. The molecule has 0 bridgehead atoms. The van der Waals surface area contributed by atoms with Gasteiger partial charge in [0.25, 0.3) is 0 Å². The molecule has 0 radical (unpaired) electrons. The van der Waals surface area contributed by atoms with Crippen molar-refractivity contribution < 1.29 is 13.2 Å². The summed E-state index contributed by atoms with van der Waals surface area (Å²) in [4.78, 5) is 0.674. The normalized spacial score (nSPS) is 13.6. The van der Waals surface area contributed by atoms with Crippen LogP contribution in [0.3, 0.4) is 0 Å². The third-order valence-electron chi connectivity index (χ3n) is 2.58. The number of thiophene rings is 1. The third kappa shape index (κ3) is 3.21. The molecule has 1 heterocycles. The Hall–Kier alpha value is -0.370. The first-order valence-corrected chi connectivity index (χ1v) is 7.62. The smallest absolute Gasteiger partial charge is 0.320 e. The Morgan fingerprint density at radius 3 is 2.37 bits per heavy atom. The molecule has 0 fully saturated rings. The van der Waals surface area contributed by atoms with Gasteiger partial charge in [-0.25, -0.2) is 0 Å². The fraction of sp³-hybridized carbons (Fsp3) is 0.167. The molecule has 19 heavy (non-hydrogen) atoms. The van der Waals surface area contributed by atoms with E-state index < -0.39 is 17.8 Å². The predicted octanol–water partition coefficient (Wildman–Crippen LogP) is 5.34. The van der Waals surface area contributed by atoms with Gasteiger partial charge in [0.2, 0.25) is 0 Å². The van der Waals surface area contributed by atoms with Crippen molar-refractivity contribution in [2.24, 2.45) is 5.73 Å². The molecule has 0 saturated carbocycles. The Morgan fingerprint density at radius 1 is 1.16 bits per heavy atom. The lowest BCUT2D eigenvalue weighted by molar-refractivity contribution is -0.138. The van der Waals surface area contributed by atoms with Gasteiger partial charge in [0.15, 0.2) is 0 Å². The second-order valence-electron chi connectivity index (χ2n) is 3.84. The van der Waals surface area contributed by atoms with Gasteiger partial charge >= 0.3 is 6.18 Å². The van der Waals surface area contributed by atoms with Crippen LogP contribution in [0, 0.1) is 0 Å². The maximum Gasteiger partial charge on any atom is 0.416 e. The van der Waals surface area contributed by atoms with Gasteiger partial charge in [-0.15, -0.1) is 11.3 Å². The van der Waals surface area contributed by atoms with Gasteiger partial charge in [-0.3, -0.25) is 0 Å². The SMILES string of the molecule is NC(c1ccc(Br)cc1C(F)(F)F)c1sccc1Br. The maximum absolute atomic E-state index is 13.0. The number of halogens is 5. The molecule has 7 heteroatoms. The van der Waals surface area contributed by atoms with Crippen LogP contribution < -0.4 is 5.73 Å². The monoisotopic (exact) mass is 413 g/mol. The Bertz CT molecular complexity index is 595. The minimum atomic E-state index is -4.43. The van der Waals surface area contributed by atoms with Crippen LogP contribution in [0.5, 0.6) is 0 Å². The highest BCUT2D eigenvalue weighted by atomic mass is 79.9. The van der Waals surface area contributed by atoms with Crippen LogP contribution >= 0.6 is 43.2 Å². The summed E-state index contributed by atoms with van der Waals surface area (Å²) >= 11 is 7.67. The minimum Gasteiger partial charge on any atom is -0.320 e. The number of alkyl halides is 3. The number of benzene rings is 1. The average molecular weight is 415 g/mol. The van der Waals surface area contributed by atoms with E-state index in [2.05, 4.69) is 31.9 Å². The summed E-state index contributed by atoms with van der Waals surface area (Å²) in [7, 11) is 0. The van der Waals surface area contributed by atoms with Crippen molar-refractivity contribution in [3.8, 4) is 0 Å². The zero-order chi connectivity index (χ0) is 14.2. The van der Waals surface area contributed by atoms with Crippen LogP contribution in [0.25, 0.3) is 0 Å². The van der Waals surface area contributed by atoms with Crippen LogP contribution in [0.2, 0.25) is 0 Å². The van der Waals surface area contributed by atoms with E-state index in [0.29, 0.717) is 9.35 Å². The third-order valence-corrected chi connectivity index (χ3v) is 5.03. The van der Waals surface area contributed by atoms with Gasteiger partial charge in [0.1, 0.15) is 0 Å². The zero-order valence-electron chi connectivity index (χ0n) is 9.34. The van der Waals surface area contributed by atoms with E-state index in [1.807, 2.05) is 0 Å². The zero-order valence-corrected chi connectivity index (χ0v) is 13.3. The molecule has 2 aromatic rings. The summed E-state index contributed by atoms with van der Waals surface area (Å²) in [5, 5.41) is 1.78. The van der Waals surface area contributed by atoms with Crippen molar-refractivity contribution in [2.45, 2.75) is 12.2 Å². The second-order valence-corrected chi connectivity index (χ2v) is 6.56. The molecule has 0 saturated heterocycles. The van der Waals surface area contributed by atoms with Crippen molar-refractivity contribution in [2.75, 3.05) is 0 Å². The molecule has 1 nitrogen and oxygen atoms in total. The molecule has 1 unspecified atom stereocenters. The maximum atomic E-state index is 13.0. The molecule has 102 valence electrons. The highest BCUT2D eigenvalue weighted by Crippen LogP contribution is 2.39. The molecular weight excluding hydrogens is 407 g/mol. The number of rotatable bonds is 2. The van der Waals surface area contributed by atoms with Crippen molar-refractivity contribution in [3.63, 3.8) is 0 Å². The van der Waals surface area contributed by atoms with E-state index in [9.17, 15) is 13.2 Å². The van der Waals surface area contributed by atoms with E-state index in [4.69, 9.17) is 5.73 Å². The van der Waals surface area contributed by atoms with Crippen LogP contribution in [-0.4, -0.2) is 0 Å². The van der Waals surface area contributed by atoms with Crippen molar-refractivity contribution >= 4 is 43.2 Å². The van der Waals surface area contributed by atoms with Crippen LogP contribution in [0.4, 0.5) is 13.2 Å². The Balaban J connectivity index is 2.54. The summed E-state index contributed by atoms with van der Waals surface area (Å²) in [5.41, 5.74) is 5.33. The quantitative estimate of drug-likeness (QED) is 0.705. The van der Waals surface area contributed by atoms with Crippen molar-refractivity contribution in [1.29, 1.82) is 0 Å². The van der Waals surface area contributed by atoms with Gasteiger partial charge in [0.05, 0.1) is 11.6 Å². The van der Waals surface area contributed by atoms with Crippen LogP contribution in [0.1, 0.15) is 22.0 Å². The van der Waals surface area contributed by atoms with Gasteiger partial charge < -0.3 is 5.73 Å². The highest BCUT2D eigenvalue weighted by Gasteiger charge is 2.35. The molecule has 2 rings (SSSR count). The van der Waals surface area contributed by atoms with Gasteiger partial charge in [0, 0.05) is 13.8 Å². The fourth-order valence-corrected chi connectivity index (χ4v) is 3.71. The van der Waals surface area contributed by atoms with Crippen LogP contribution in [0.15, 0.2) is 38.6 Å². The largest absolute Gasteiger partial charge is 0.416 e. The Kier molecular flexibility index (Phi) is 4.39. The van der Waals surface area contributed by atoms with Crippen LogP contribution in [-0.2, 0) is 6.18 Å². The standard InChI is InChI=1S/C12H8Br2F3NS/c13-6-1-2-7(8(5-6)12(15,16)17)10(18)11-9(14)3-4-19-11/h1-5,10H,18H2. The summed E-state index contributed by atoms with van der Waals surface area (Å²) in [6.45, 7) is 0. The van der Waals surface area contributed by atoms with E-state index in [-0.39, 0.29) is 5.56 Å². The lowest BCUT2D eigenvalue weighted by atomic mass is 9.99. The number of hydrogen-bond acceptors (Lipinski definition) is 2. The number of hydrogen-bond donors (Lipinski definition) is 1. The summed E-state index contributed by atoms with van der Waals surface area (Å²) in [6, 6.07) is 4.98. The van der Waals surface area contributed by atoms with Gasteiger partial charge in [-0.2, -0.15) is 13.2 Å². The first-order valence-electron chi connectivity index (χ1n) is 5.16. The Labute approximate surface area is 128 Å². The summed E-state index contributed by atoms with van der Waals surface area (Å²) < 4.78 is 40.2. The van der Waals surface area contributed by atoms with Crippen molar-refractivity contribution in [3.05, 3.63) is 54.6 Å². The van der Waals surface area contributed by atoms with Gasteiger partial charge in [-0.1, -0.05) is 22.0 Å².